The average molecular weight is 530 g/mol. The first kappa shape index (κ1) is 28.4. The minimum atomic E-state index is -1.16. The Morgan fingerprint density at radius 1 is 1.18 bits per heavy atom. The highest BCUT2D eigenvalue weighted by atomic mass is 16.6. The maximum Gasteiger partial charge on any atom is 0.312 e. The van der Waals surface area contributed by atoms with E-state index in [-0.39, 0.29) is 30.9 Å². The zero-order chi connectivity index (χ0) is 27.8. The van der Waals surface area contributed by atoms with E-state index in [9.17, 15) is 19.5 Å². The van der Waals surface area contributed by atoms with Gasteiger partial charge in [-0.3, -0.25) is 14.4 Å². The molecule has 1 aromatic rings. The van der Waals surface area contributed by atoms with Crippen LogP contribution in [0.3, 0.4) is 0 Å². The predicted octanol–water partition coefficient (Wildman–Crippen LogP) is 3.21. The number of amides is 2. The zero-order valence-electron chi connectivity index (χ0n) is 23.5. The monoisotopic (exact) mass is 529 g/mol. The number of likely N-dealkylation sites (tertiary alicyclic amines) is 1. The summed E-state index contributed by atoms with van der Waals surface area (Å²) in [5, 5.41) is 13.4. The van der Waals surface area contributed by atoms with Gasteiger partial charge in [0.2, 0.25) is 11.8 Å². The second-order valence-electron chi connectivity index (χ2n) is 11.1. The maximum absolute atomic E-state index is 14.1. The van der Waals surface area contributed by atoms with Crippen LogP contribution in [0.15, 0.2) is 24.3 Å². The van der Waals surface area contributed by atoms with Crippen LogP contribution in [0, 0.1) is 17.8 Å². The van der Waals surface area contributed by atoms with Gasteiger partial charge in [-0.05, 0) is 70.7 Å². The van der Waals surface area contributed by atoms with Crippen LogP contribution in [-0.2, 0) is 23.9 Å². The smallest absolute Gasteiger partial charge is 0.312 e. The van der Waals surface area contributed by atoms with Gasteiger partial charge in [0.25, 0.3) is 0 Å². The number of nitrogens with one attached hydrogen (secondary N) is 1. The molecule has 3 heterocycles. The standard InChI is InChI=1S/C29H43N3O6/c1-7-18(5)21(17-33)32-24(25(34)30-19-11-13-20(14-12-19)31(8-2)9-3)29-16-15-28(6,38-29)23(22(29)26(32)35)27(36)37-10-4/h11-14,18,21-24,33H,7-10,15-17H2,1-6H3,(H,30,34)/t18-,21-,22-,23-,24?,28+,29?/m0/s1. The number of hydrogen-bond donors (Lipinski definition) is 2. The van der Waals surface area contributed by atoms with Gasteiger partial charge in [-0.2, -0.15) is 0 Å². The summed E-state index contributed by atoms with van der Waals surface area (Å²) in [7, 11) is 0. The quantitative estimate of drug-likeness (QED) is 0.424. The summed E-state index contributed by atoms with van der Waals surface area (Å²) in [5.41, 5.74) is -0.365. The molecule has 3 aliphatic heterocycles. The topological polar surface area (TPSA) is 108 Å². The summed E-state index contributed by atoms with van der Waals surface area (Å²) in [5.74, 6) is -2.84. The molecule has 0 radical (unpaired) electrons. The summed E-state index contributed by atoms with van der Waals surface area (Å²) >= 11 is 0. The van der Waals surface area contributed by atoms with E-state index in [0.29, 0.717) is 24.9 Å². The molecule has 2 bridgehead atoms. The number of fused-ring (bicyclic) bond motifs is 1. The van der Waals surface area contributed by atoms with Crippen molar-refractivity contribution in [1.29, 1.82) is 0 Å². The van der Waals surface area contributed by atoms with Crippen LogP contribution < -0.4 is 10.2 Å². The largest absolute Gasteiger partial charge is 0.466 e. The minimum Gasteiger partial charge on any atom is -0.466 e. The van der Waals surface area contributed by atoms with Crippen molar-refractivity contribution in [2.45, 2.75) is 84.1 Å². The SMILES string of the molecule is CCOC(=O)[C@@H]1[C@H]2C(=O)N([C@@H](CO)[C@@H](C)CC)C(C(=O)Nc3ccc(N(CC)CC)cc3)C23CC[C@@]1(C)O3. The fraction of sp³-hybridized carbons (Fsp3) is 0.690. The van der Waals surface area contributed by atoms with Crippen LogP contribution in [0.5, 0.6) is 0 Å². The second kappa shape index (κ2) is 10.8. The van der Waals surface area contributed by atoms with Crippen LogP contribution >= 0.6 is 0 Å². The molecule has 0 aromatic heterocycles. The molecule has 7 atom stereocenters. The number of carbonyl (C=O) groups is 3. The molecule has 38 heavy (non-hydrogen) atoms. The van der Waals surface area contributed by atoms with Crippen LogP contribution in [0.25, 0.3) is 0 Å². The van der Waals surface area contributed by atoms with E-state index in [1.807, 2.05) is 45.0 Å². The lowest BCUT2D eigenvalue weighted by atomic mass is 9.66. The number of benzene rings is 1. The van der Waals surface area contributed by atoms with Crippen LogP contribution in [-0.4, -0.2) is 77.4 Å². The lowest BCUT2D eigenvalue weighted by Crippen LogP contribution is -2.57. The molecule has 4 rings (SSSR count). The number of aliphatic hydroxyl groups excluding tert-OH is 1. The lowest BCUT2D eigenvalue weighted by Gasteiger charge is -2.39. The van der Waals surface area contributed by atoms with Crippen molar-refractivity contribution in [3.8, 4) is 0 Å². The van der Waals surface area contributed by atoms with Gasteiger partial charge >= 0.3 is 5.97 Å². The molecule has 2 amide bonds. The highest BCUT2D eigenvalue weighted by Crippen LogP contribution is 2.63. The maximum atomic E-state index is 14.1. The summed E-state index contributed by atoms with van der Waals surface area (Å²) in [6, 6.07) is 6.09. The van der Waals surface area contributed by atoms with Gasteiger partial charge in [0.1, 0.15) is 17.6 Å². The number of aliphatic hydroxyl groups is 1. The van der Waals surface area contributed by atoms with Crippen molar-refractivity contribution in [2.75, 3.05) is 36.5 Å². The number of esters is 1. The molecule has 3 fully saturated rings. The summed E-state index contributed by atoms with van der Waals surface area (Å²) in [6.07, 6.45) is 1.74. The molecule has 210 valence electrons. The van der Waals surface area contributed by atoms with Gasteiger partial charge in [-0.1, -0.05) is 20.3 Å². The Balaban J connectivity index is 1.72. The first-order chi connectivity index (χ1) is 18.1. The molecule has 1 spiro atoms. The van der Waals surface area contributed by atoms with Gasteiger partial charge in [0.15, 0.2) is 0 Å². The Bertz CT molecular complexity index is 1040. The molecule has 9 heteroatoms. The summed E-state index contributed by atoms with van der Waals surface area (Å²) < 4.78 is 12.0. The van der Waals surface area contributed by atoms with E-state index in [1.54, 1.807) is 6.92 Å². The van der Waals surface area contributed by atoms with Crippen molar-refractivity contribution in [3.05, 3.63) is 24.3 Å². The van der Waals surface area contributed by atoms with Crippen molar-refractivity contribution in [1.82, 2.24) is 4.90 Å². The van der Waals surface area contributed by atoms with Crippen LogP contribution in [0.4, 0.5) is 11.4 Å². The lowest BCUT2D eigenvalue weighted by molar-refractivity contribution is -0.160. The Morgan fingerprint density at radius 2 is 1.84 bits per heavy atom. The molecular formula is C29H43N3O6. The Morgan fingerprint density at radius 3 is 2.39 bits per heavy atom. The number of rotatable bonds is 11. The van der Waals surface area contributed by atoms with Crippen LogP contribution in [0.2, 0.25) is 0 Å². The van der Waals surface area contributed by atoms with Gasteiger partial charge in [0, 0.05) is 24.5 Å². The normalized spacial score (nSPS) is 31.2. The van der Waals surface area contributed by atoms with Crippen molar-refractivity contribution < 1.29 is 29.0 Å². The second-order valence-corrected chi connectivity index (χ2v) is 11.1. The zero-order valence-corrected chi connectivity index (χ0v) is 23.5. The van der Waals surface area contributed by atoms with Crippen molar-refractivity contribution in [3.63, 3.8) is 0 Å². The summed E-state index contributed by atoms with van der Waals surface area (Å²) in [4.78, 5) is 45.1. The van der Waals surface area contributed by atoms with Crippen molar-refractivity contribution in [2.24, 2.45) is 17.8 Å². The molecule has 0 saturated carbocycles. The molecule has 3 saturated heterocycles. The fourth-order valence-electron chi connectivity index (χ4n) is 6.98. The number of nitrogens with zero attached hydrogens (tertiary/aromatic N) is 2. The molecular weight excluding hydrogens is 486 g/mol. The Kier molecular flexibility index (Phi) is 8.09. The highest BCUT2D eigenvalue weighted by Gasteiger charge is 2.79. The van der Waals surface area contributed by atoms with E-state index in [2.05, 4.69) is 24.1 Å². The van der Waals surface area contributed by atoms with Gasteiger partial charge in [0.05, 0.1) is 30.8 Å². The fourth-order valence-corrected chi connectivity index (χ4v) is 6.98. The Labute approximate surface area is 225 Å². The van der Waals surface area contributed by atoms with Crippen LogP contribution in [0.1, 0.15) is 60.8 Å². The average Bonchev–Trinajstić information content (AvgIpc) is 3.47. The molecule has 2 unspecified atom stereocenters. The molecule has 9 nitrogen and oxygen atoms in total. The summed E-state index contributed by atoms with van der Waals surface area (Å²) in [6.45, 7) is 13.4. The van der Waals surface area contributed by atoms with E-state index < -0.39 is 41.1 Å². The minimum absolute atomic E-state index is 0.0586. The molecule has 0 aliphatic carbocycles. The molecule has 2 N–H and O–H groups in total. The van der Waals surface area contributed by atoms with E-state index in [4.69, 9.17) is 9.47 Å². The number of hydrogen-bond acceptors (Lipinski definition) is 7. The third-order valence-corrected chi connectivity index (χ3v) is 9.11. The number of ether oxygens (including phenoxy) is 2. The van der Waals surface area contributed by atoms with Gasteiger partial charge < -0.3 is 29.7 Å². The highest BCUT2D eigenvalue weighted by molar-refractivity contribution is 6.03. The first-order valence-corrected chi connectivity index (χ1v) is 14.1. The Hall–Kier alpha value is -2.65. The van der Waals surface area contributed by atoms with E-state index in [0.717, 1.165) is 18.8 Å². The number of carbonyl (C=O) groups excluding carboxylic acids is 3. The first-order valence-electron chi connectivity index (χ1n) is 14.1. The van der Waals surface area contributed by atoms with E-state index >= 15 is 0 Å². The third-order valence-electron chi connectivity index (χ3n) is 9.11. The third kappa shape index (κ3) is 4.37. The molecule has 1 aromatic carbocycles. The number of anilines is 2. The van der Waals surface area contributed by atoms with Crippen molar-refractivity contribution >= 4 is 29.2 Å². The van der Waals surface area contributed by atoms with Gasteiger partial charge in [-0.15, -0.1) is 0 Å². The predicted molar refractivity (Wildman–Crippen MR) is 145 cm³/mol. The van der Waals surface area contributed by atoms with E-state index in [1.165, 1.54) is 4.90 Å². The van der Waals surface area contributed by atoms with Gasteiger partial charge in [-0.25, -0.2) is 0 Å². The molecule has 3 aliphatic rings.